The summed E-state index contributed by atoms with van der Waals surface area (Å²) in [5.74, 6) is 1.16. The van der Waals surface area contributed by atoms with Crippen molar-refractivity contribution in [1.82, 2.24) is 24.8 Å². The monoisotopic (exact) mass is 345 g/mol. The van der Waals surface area contributed by atoms with Gasteiger partial charge in [0.25, 0.3) is 5.89 Å². The van der Waals surface area contributed by atoms with E-state index in [1.807, 2.05) is 42.3 Å². The lowest BCUT2D eigenvalue weighted by Gasteiger charge is -2.34. The van der Waals surface area contributed by atoms with E-state index in [4.69, 9.17) is 4.52 Å². The Balaban J connectivity index is 1.46. The second-order valence-corrected chi connectivity index (χ2v) is 6.84. The summed E-state index contributed by atoms with van der Waals surface area (Å²) < 4.78 is 5.32. The van der Waals surface area contributed by atoms with Gasteiger partial charge in [-0.3, -0.25) is 9.80 Å². The number of hydrogen-bond acceptors (Lipinski definition) is 7. The predicted molar refractivity (Wildman–Crippen MR) is 96.0 cm³/mol. The van der Waals surface area contributed by atoms with Gasteiger partial charge >= 0.3 is 0 Å². The quantitative estimate of drug-likeness (QED) is 0.795. The van der Waals surface area contributed by atoms with Crippen molar-refractivity contribution in [2.75, 3.05) is 53.4 Å². The van der Waals surface area contributed by atoms with Crippen molar-refractivity contribution in [3.63, 3.8) is 0 Å². The summed E-state index contributed by atoms with van der Waals surface area (Å²) in [6, 6.07) is 9.73. The molecule has 7 heteroatoms. The van der Waals surface area contributed by atoms with Crippen LogP contribution in [0.15, 0.2) is 34.9 Å². The van der Waals surface area contributed by atoms with Gasteiger partial charge < -0.3 is 14.5 Å². The summed E-state index contributed by atoms with van der Waals surface area (Å²) in [7, 11) is 4.10. The number of benzene rings is 1. The largest absolute Gasteiger partial charge is 0.390 e. The molecule has 25 heavy (non-hydrogen) atoms. The fourth-order valence-electron chi connectivity index (χ4n) is 3.07. The zero-order chi connectivity index (χ0) is 17.6. The molecule has 0 radical (unpaired) electrons. The number of aliphatic hydroxyl groups excluding tert-OH is 1. The molecule has 7 nitrogen and oxygen atoms in total. The SMILES string of the molecule is CN1CCN(CC(O)CN(C)Cc2noc(-c3ccccc3)n2)CC1. The molecule has 1 aromatic carbocycles. The maximum absolute atomic E-state index is 10.3. The highest BCUT2D eigenvalue weighted by Gasteiger charge is 2.19. The van der Waals surface area contributed by atoms with Crippen molar-refractivity contribution in [2.45, 2.75) is 12.6 Å². The Morgan fingerprint density at radius 2 is 1.92 bits per heavy atom. The molecule has 1 fully saturated rings. The van der Waals surface area contributed by atoms with E-state index in [9.17, 15) is 5.11 Å². The van der Waals surface area contributed by atoms with E-state index in [0.29, 0.717) is 31.3 Å². The molecule has 136 valence electrons. The average Bonchev–Trinajstić information content (AvgIpc) is 3.06. The Labute approximate surface area is 148 Å². The summed E-state index contributed by atoms with van der Waals surface area (Å²) in [6.07, 6.45) is -0.381. The van der Waals surface area contributed by atoms with Gasteiger partial charge in [-0.25, -0.2) is 0 Å². The minimum absolute atomic E-state index is 0.381. The van der Waals surface area contributed by atoms with Crippen LogP contribution in [0.5, 0.6) is 0 Å². The van der Waals surface area contributed by atoms with E-state index in [1.165, 1.54) is 0 Å². The van der Waals surface area contributed by atoms with E-state index in [0.717, 1.165) is 31.7 Å². The van der Waals surface area contributed by atoms with Crippen LogP contribution in [0.25, 0.3) is 11.5 Å². The van der Waals surface area contributed by atoms with Crippen molar-refractivity contribution in [3.05, 3.63) is 36.2 Å². The van der Waals surface area contributed by atoms with Crippen molar-refractivity contribution in [2.24, 2.45) is 0 Å². The van der Waals surface area contributed by atoms with E-state index >= 15 is 0 Å². The lowest BCUT2D eigenvalue weighted by atomic mass is 10.2. The van der Waals surface area contributed by atoms with Gasteiger partial charge in [-0.1, -0.05) is 23.4 Å². The molecule has 1 atom stereocenters. The summed E-state index contributed by atoms with van der Waals surface area (Å²) >= 11 is 0. The minimum atomic E-state index is -0.381. The molecule has 0 saturated carbocycles. The minimum Gasteiger partial charge on any atom is -0.390 e. The van der Waals surface area contributed by atoms with Gasteiger partial charge in [-0.05, 0) is 26.2 Å². The number of piperazine rings is 1. The molecule has 0 amide bonds. The standard InChI is InChI=1S/C18H27N5O2/c1-21-8-10-23(11-9-21)13-16(24)12-22(2)14-17-19-18(25-20-17)15-6-4-3-5-7-15/h3-7,16,24H,8-14H2,1-2H3. The molecule has 1 unspecified atom stereocenters. The third-order valence-electron chi connectivity index (χ3n) is 4.49. The maximum atomic E-state index is 10.3. The Morgan fingerprint density at radius 1 is 1.20 bits per heavy atom. The van der Waals surface area contributed by atoms with Crippen LogP contribution in [0.4, 0.5) is 0 Å². The second-order valence-electron chi connectivity index (χ2n) is 6.84. The van der Waals surface area contributed by atoms with Crippen molar-refractivity contribution in [1.29, 1.82) is 0 Å². The first kappa shape index (κ1) is 18.0. The molecule has 1 aliphatic rings. The number of likely N-dealkylation sites (N-methyl/N-ethyl adjacent to an activating group) is 2. The third kappa shape index (κ3) is 5.34. The third-order valence-corrected chi connectivity index (χ3v) is 4.49. The zero-order valence-corrected chi connectivity index (χ0v) is 15.0. The van der Waals surface area contributed by atoms with Crippen LogP contribution in [0, 0.1) is 0 Å². The van der Waals surface area contributed by atoms with Crippen LogP contribution in [0.2, 0.25) is 0 Å². The molecule has 3 rings (SSSR count). The molecule has 1 aromatic heterocycles. The Kier molecular flexibility index (Phi) is 6.14. The zero-order valence-electron chi connectivity index (χ0n) is 15.0. The van der Waals surface area contributed by atoms with E-state index < -0.39 is 0 Å². The first-order chi connectivity index (χ1) is 12.1. The number of rotatable bonds is 7. The first-order valence-corrected chi connectivity index (χ1v) is 8.75. The fraction of sp³-hybridized carbons (Fsp3) is 0.556. The van der Waals surface area contributed by atoms with E-state index in [-0.39, 0.29) is 6.10 Å². The van der Waals surface area contributed by atoms with Crippen molar-refractivity contribution in [3.8, 4) is 11.5 Å². The molecule has 1 saturated heterocycles. The van der Waals surface area contributed by atoms with Gasteiger partial charge in [0.05, 0.1) is 12.6 Å². The van der Waals surface area contributed by atoms with Gasteiger partial charge in [-0.15, -0.1) is 0 Å². The average molecular weight is 345 g/mol. The normalized spacial score (nSPS) is 17.9. The van der Waals surface area contributed by atoms with Crippen LogP contribution >= 0.6 is 0 Å². The van der Waals surface area contributed by atoms with Crippen molar-refractivity contribution < 1.29 is 9.63 Å². The summed E-state index contributed by atoms with van der Waals surface area (Å²) in [4.78, 5) is 11.1. The molecule has 2 heterocycles. The molecule has 2 aromatic rings. The number of aromatic nitrogens is 2. The number of nitrogens with zero attached hydrogens (tertiary/aromatic N) is 5. The van der Waals surface area contributed by atoms with Gasteiger partial charge in [0.15, 0.2) is 5.82 Å². The highest BCUT2D eigenvalue weighted by atomic mass is 16.5. The Bertz CT molecular complexity index is 640. The predicted octanol–water partition coefficient (Wildman–Crippen LogP) is 0.777. The molecule has 0 bridgehead atoms. The molecule has 1 N–H and O–H groups in total. The van der Waals surface area contributed by atoms with Gasteiger partial charge in [0.1, 0.15) is 0 Å². The van der Waals surface area contributed by atoms with Crippen molar-refractivity contribution >= 4 is 0 Å². The Hall–Kier alpha value is -1.80. The molecule has 0 spiro atoms. The van der Waals surface area contributed by atoms with Crippen LogP contribution in [-0.2, 0) is 6.54 Å². The van der Waals surface area contributed by atoms with Gasteiger partial charge in [0.2, 0.25) is 0 Å². The molecular weight excluding hydrogens is 318 g/mol. The molecule has 0 aliphatic carbocycles. The van der Waals surface area contributed by atoms with Gasteiger partial charge in [-0.2, -0.15) is 4.98 Å². The van der Waals surface area contributed by atoms with Gasteiger partial charge in [0, 0.05) is 44.8 Å². The first-order valence-electron chi connectivity index (χ1n) is 8.75. The van der Waals surface area contributed by atoms with Crippen LogP contribution in [-0.4, -0.2) is 89.4 Å². The number of hydrogen-bond donors (Lipinski definition) is 1. The molecule has 1 aliphatic heterocycles. The van der Waals surface area contributed by atoms with Crippen LogP contribution in [0.1, 0.15) is 5.82 Å². The fourth-order valence-corrected chi connectivity index (χ4v) is 3.07. The van der Waals surface area contributed by atoms with E-state index in [1.54, 1.807) is 0 Å². The number of aliphatic hydroxyl groups is 1. The highest BCUT2D eigenvalue weighted by Crippen LogP contribution is 2.16. The maximum Gasteiger partial charge on any atom is 0.257 e. The smallest absolute Gasteiger partial charge is 0.257 e. The van der Waals surface area contributed by atoms with E-state index in [2.05, 4.69) is 27.0 Å². The Morgan fingerprint density at radius 3 is 2.64 bits per heavy atom. The summed E-state index contributed by atoms with van der Waals surface area (Å²) in [5, 5.41) is 14.4. The highest BCUT2D eigenvalue weighted by molar-refractivity contribution is 5.51. The topological polar surface area (TPSA) is 68.9 Å². The summed E-state index contributed by atoms with van der Waals surface area (Å²) in [5.41, 5.74) is 0.916. The number of β-amino-alcohol motifs (C(OH)–C–C–N with tert-alkyl or cyclic N) is 1. The van der Waals surface area contributed by atoms with Crippen LogP contribution in [0.3, 0.4) is 0 Å². The second kappa shape index (κ2) is 8.53. The van der Waals surface area contributed by atoms with Crippen LogP contribution < -0.4 is 0 Å². The summed E-state index contributed by atoms with van der Waals surface area (Å²) in [6.45, 7) is 6.00. The lowest BCUT2D eigenvalue weighted by Crippen LogP contribution is -2.48. The molecular formula is C18H27N5O2. The lowest BCUT2D eigenvalue weighted by molar-refractivity contribution is 0.0588.